The van der Waals surface area contributed by atoms with Crippen molar-refractivity contribution in [3.05, 3.63) is 72.9 Å². The molecule has 8 heteroatoms. The van der Waals surface area contributed by atoms with Gasteiger partial charge in [0.05, 0.1) is 40.3 Å². The Bertz CT molecular complexity index is 1050. The maximum atomic E-state index is 12.6. The minimum atomic E-state index is -1.14. The van der Waals surface area contributed by atoms with E-state index < -0.39 is 18.1 Å². The van der Waals surface area contributed by atoms with E-state index in [1.165, 1.54) is 38.5 Å². The number of aliphatic carboxylic acids is 1. The van der Waals surface area contributed by atoms with Crippen molar-refractivity contribution in [1.29, 1.82) is 0 Å². The van der Waals surface area contributed by atoms with Crippen LogP contribution in [0.3, 0.4) is 0 Å². The molecule has 8 nitrogen and oxygen atoms in total. The molecular formula is C42H69NO7. The molecular weight excluding hydrogens is 630 g/mol. The van der Waals surface area contributed by atoms with Crippen LogP contribution in [0.2, 0.25) is 0 Å². The van der Waals surface area contributed by atoms with Crippen molar-refractivity contribution in [2.24, 2.45) is 0 Å². The summed E-state index contributed by atoms with van der Waals surface area (Å²) in [5, 5.41) is 11.6. The van der Waals surface area contributed by atoms with Gasteiger partial charge in [0, 0.05) is 19.3 Å². The second-order valence-electron chi connectivity index (χ2n) is 13.5. The number of hydrogen-bond acceptors (Lipinski definition) is 7. The van der Waals surface area contributed by atoms with Crippen LogP contribution in [-0.4, -0.2) is 75.5 Å². The second kappa shape index (κ2) is 32.9. The Balaban J connectivity index is 4.59. The molecule has 284 valence electrons. The summed E-state index contributed by atoms with van der Waals surface area (Å²) in [7, 11) is 5.36. The summed E-state index contributed by atoms with van der Waals surface area (Å²) in [4.78, 5) is 36.6. The minimum absolute atomic E-state index is 0.00802. The Hall–Kier alpha value is -3.23. The molecule has 0 aromatic heterocycles. The van der Waals surface area contributed by atoms with Crippen LogP contribution in [0, 0.1) is 0 Å². The van der Waals surface area contributed by atoms with Crippen molar-refractivity contribution < 1.29 is 38.2 Å². The number of carbonyl (C=O) groups is 3. The zero-order valence-corrected chi connectivity index (χ0v) is 32.0. The zero-order valence-electron chi connectivity index (χ0n) is 32.0. The zero-order chi connectivity index (χ0) is 37.1. The Kier molecular flexibility index (Phi) is 30.8. The van der Waals surface area contributed by atoms with Crippen LogP contribution < -0.4 is 5.11 Å². The third-order valence-corrected chi connectivity index (χ3v) is 7.95. The molecule has 0 aromatic carbocycles. The molecule has 0 heterocycles. The minimum Gasteiger partial charge on any atom is -0.544 e. The van der Waals surface area contributed by atoms with Crippen molar-refractivity contribution in [1.82, 2.24) is 0 Å². The van der Waals surface area contributed by atoms with E-state index in [4.69, 9.17) is 14.2 Å². The topological polar surface area (TPSA) is 102 Å². The van der Waals surface area contributed by atoms with E-state index in [1.54, 1.807) is 21.1 Å². The van der Waals surface area contributed by atoms with E-state index in [0.717, 1.165) is 44.9 Å². The number of quaternary nitrogens is 1. The molecule has 2 atom stereocenters. The molecule has 0 N–H and O–H groups in total. The normalized spacial score (nSPS) is 13.9. The molecule has 2 unspecified atom stereocenters. The Morgan fingerprint density at radius 3 is 1.76 bits per heavy atom. The number of allylic oxidation sites excluding steroid dienone is 12. The molecule has 0 aliphatic rings. The number of ether oxygens (including phenoxy) is 3. The van der Waals surface area contributed by atoms with Crippen LogP contribution in [0.4, 0.5) is 0 Å². The fraction of sp³-hybridized carbons (Fsp3) is 0.643. The first-order chi connectivity index (χ1) is 24.1. The van der Waals surface area contributed by atoms with E-state index in [1.807, 2.05) is 54.7 Å². The lowest BCUT2D eigenvalue weighted by atomic mass is 10.1. The molecule has 0 fully saturated rings. The SMILES string of the molecule is CC/C=C/C=C/C=C/C=C/C=C/CCCC(=O)OCC(COCCC(C(=O)[O-])[N+](C)(C)C)OC(=O)CCCCC/C=C/CCCCCCCC. The van der Waals surface area contributed by atoms with Gasteiger partial charge in [-0.05, 0) is 51.4 Å². The average molecular weight is 700 g/mol. The lowest BCUT2D eigenvalue weighted by Gasteiger charge is -2.34. The molecule has 0 amide bonds. The predicted octanol–water partition coefficient (Wildman–Crippen LogP) is 8.29. The molecule has 0 saturated heterocycles. The smallest absolute Gasteiger partial charge is 0.306 e. The summed E-state index contributed by atoms with van der Waals surface area (Å²) in [5.74, 6) is -1.87. The molecule has 50 heavy (non-hydrogen) atoms. The highest BCUT2D eigenvalue weighted by molar-refractivity contribution is 5.70. The third-order valence-electron chi connectivity index (χ3n) is 7.95. The Labute approximate surface area is 304 Å². The summed E-state index contributed by atoms with van der Waals surface area (Å²) < 4.78 is 17.0. The predicted molar refractivity (Wildman–Crippen MR) is 203 cm³/mol. The molecule has 0 saturated carbocycles. The van der Waals surface area contributed by atoms with Gasteiger partial charge >= 0.3 is 11.9 Å². The highest BCUT2D eigenvalue weighted by Gasteiger charge is 2.25. The van der Waals surface area contributed by atoms with Crippen LogP contribution in [-0.2, 0) is 28.6 Å². The molecule has 0 bridgehead atoms. The number of hydrogen-bond donors (Lipinski definition) is 0. The van der Waals surface area contributed by atoms with E-state index in [9.17, 15) is 19.5 Å². The van der Waals surface area contributed by atoms with E-state index >= 15 is 0 Å². The molecule has 0 aromatic rings. The van der Waals surface area contributed by atoms with Gasteiger partial charge in [-0.25, -0.2) is 0 Å². The quantitative estimate of drug-likeness (QED) is 0.0229. The maximum absolute atomic E-state index is 12.6. The van der Waals surface area contributed by atoms with Crippen molar-refractivity contribution in [2.75, 3.05) is 41.0 Å². The van der Waals surface area contributed by atoms with Crippen LogP contribution >= 0.6 is 0 Å². The van der Waals surface area contributed by atoms with Gasteiger partial charge < -0.3 is 28.6 Å². The Morgan fingerprint density at radius 1 is 0.620 bits per heavy atom. The summed E-state index contributed by atoms with van der Waals surface area (Å²) in [6.45, 7) is 4.38. The number of carboxylic acids is 1. The van der Waals surface area contributed by atoms with Crippen molar-refractivity contribution in [3.63, 3.8) is 0 Å². The van der Waals surface area contributed by atoms with Gasteiger partial charge in [0.1, 0.15) is 12.6 Å². The van der Waals surface area contributed by atoms with Crippen LogP contribution in [0.15, 0.2) is 72.9 Å². The Morgan fingerprint density at radius 2 is 1.16 bits per heavy atom. The monoisotopic (exact) mass is 700 g/mol. The molecule has 0 radical (unpaired) electrons. The van der Waals surface area contributed by atoms with Gasteiger partial charge in [0.2, 0.25) is 0 Å². The summed E-state index contributed by atoms with van der Waals surface area (Å²) >= 11 is 0. The number of esters is 2. The first-order valence-corrected chi connectivity index (χ1v) is 19.0. The molecule has 0 aliphatic carbocycles. The summed E-state index contributed by atoms with van der Waals surface area (Å²) in [5.41, 5.74) is 0. The number of rotatable bonds is 32. The van der Waals surface area contributed by atoms with E-state index in [0.29, 0.717) is 6.42 Å². The average Bonchev–Trinajstić information content (AvgIpc) is 3.06. The molecule has 0 spiro atoms. The van der Waals surface area contributed by atoms with E-state index in [2.05, 4.69) is 32.1 Å². The number of nitrogens with zero attached hydrogens (tertiary/aromatic N) is 1. The van der Waals surface area contributed by atoms with Gasteiger partial charge in [-0.3, -0.25) is 9.59 Å². The van der Waals surface area contributed by atoms with Gasteiger partial charge in [-0.1, -0.05) is 125 Å². The van der Waals surface area contributed by atoms with Gasteiger partial charge in [-0.2, -0.15) is 0 Å². The fourth-order valence-corrected chi connectivity index (χ4v) is 4.98. The number of unbranched alkanes of at least 4 members (excludes halogenated alkanes) is 10. The van der Waals surface area contributed by atoms with Gasteiger partial charge in [0.25, 0.3) is 0 Å². The molecule has 0 aliphatic heterocycles. The maximum Gasteiger partial charge on any atom is 0.306 e. The van der Waals surface area contributed by atoms with Gasteiger partial charge in [0.15, 0.2) is 6.10 Å². The number of carboxylic acid groups (broad SMARTS) is 1. The fourth-order valence-electron chi connectivity index (χ4n) is 4.98. The highest BCUT2D eigenvalue weighted by Crippen LogP contribution is 2.11. The number of likely N-dealkylation sites (N-methyl/N-ethyl adjacent to an activating group) is 1. The van der Waals surface area contributed by atoms with Gasteiger partial charge in [-0.15, -0.1) is 0 Å². The first-order valence-electron chi connectivity index (χ1n) is 19.0. The van der Waals surface area contributed by atoms with Crippen molar-refractivity contribution >= 4 is 17.9 Å². The highest BCUT2D eigenvalue weighted by atomic mass is 16.6. The largest absolute Gasteiger partial charge is 0.544 e. The van der Waals surface area contributed by atoms with Crippen molar-refractivity contribution in [3.8, 4) is 0 Å². The van der Waals surface area contributed by atoms with Crippen LogP contribution in [0.25, 0.3) is 0 Å². The number of carbonyl (C=O) groups excluding carboxylic acids is 3. The lowest BCUT2D eigenvalue weighted by molar-refractivity contribution is -0.889. The van der Waals surface area contributed by atoms with Crippen LogP contribution in [0.5, 0.6) is 0 Å². The first kappa shape index (κ1) is 46.8. The van der Waals surface area contributed by atoms with E-state index in [-0.39, 0.29) is 55.5 Å². The standard InChI is InChI=1S/C42H69NO7/c1-6-8-10-12-14-16-18-20-22-24-26-28-30-32-40(44)49-37-38(36-48-35-34-39(42(46)47)43(3,4)5)50-41(45)33-31-29-27-25-23-21-19-17-15-13-11-9-7-2/h8,10,12,14,16,18,20-24,26,38-39H,6-7,9,11,13,15,17,19,25,27-37H2,1-5H3/b10-8+,14-12+,18-16+,22-20+,23-21+,26-24+. The molecule has 0 rings (SSSR count). The lowest BCUT2D eigenvalue weighted by Crippen LogP contribution is -2.55. The second-order valence-corrected chi connectivity index (χ2v) is 13.5. The van der Waals surface area contributed by atoms with Crippen LogP contribution in [0.1, 0.15) is 123 Å². The van der Waals surface area contributed by atoms with Crippen molar-refractivity contribution in [2.45, 2.75) is 135 Å². The third kappa shape index (κ3) is 30.8. The summed E-state index contributed by atoms with van der Waals surface area (Å²) in [6.07, 6.45) is 39.4. The summed E-state index contributed by atoms with van der Waals surface area (Å²) in [6, 6.07) is -0.740.